The first-order chi connectivity index (χ1) is 12.6. The molecular weight excluding hydrogens is 381 g/mol. The predicted molar refractivity (Wildman–Crippen MR) is 98.9 cm³/mol. The van der Waals surface area contributed by atoms with Crippen molar-refractivity contribution in [3.05, 3.63) is 35.9 Å². The Balaban J connectivity index is 1.83. The third-order valence-corrected chi connectivity index (χ3v) is 6.23. The molecule has 1 aliphatic rings. The summed E-state index contributed by atoms with van der Waals surface area (Å²) in [5.41, 5.74) is -4.07. The maximum Gasteiger partial charge on any atom is 0.511 e. The maximum absolute atomic E-state index is 12.6. The molecular formula is C17H25F3N4O2S. The number of nitrogens with zero attached hydrogens (tertiary/aromatic N) is 2. The second kappa shape index (κ2) is 8.92. The van der Waals surface area contributed by atoms with Crippen molar-refractivity contribution < 1.29 is 21.6 Å². The van der Waals surface area contributed by atoms with Crippen molar-refractivity contribution in [2.24, 2.45) is 4.99 Å². The molecule has 1 atom stereocenters. The Kier molecular flexibility index (Phi) is 7.10. The fraction of sp³-hybridized carbons (Fsp3) is 0.588. The lowest BCUT2D eigenvalue weighted by atomic mass is 10.0. The summed E-state index contributed by atoms with van der Waals surface area (Å²) in [6.45, 7) is 2.38. The van der Waals surface area contributed by atoms with Crippen molar-refractivity contribution >= 4 is 16.0 Å². The van der Waals surface area contributed by atoms with E-state index < -0.39 is 15.5 Å². The molecule has 0 aliphatic carbocycles. The zero-order valence-electron chi connectivity index (χ0n) is 15.3. The largest absolute Gasteiger partial charge is 0.511 e. The van der Waals surface area contributed by atoms with Crippen molar-refractivity contribution in [1.29, 1.82) is 0 Å². The van der Waals surface area contributed by atoms with Gasteiger partial charge < -0.3 is 10.6 Å². The summed E-state index contributed by atoms with van der Waals surface area (Å²) in [5, 5.41) is 6.37. The van der Waals surface area contributed by atoms with Gasteiger partial charge >= 0.3 is 15.5 Å². The third kappa shape index (κ3) is 5.58. The van der Waals surface area contributed by atoms with Crippen LogP contribution < -0.4 is 10.6 Å². The molecule has 1 fully saturated rings. The topological polar surface area (TPSA) is 73.8 Å². The molecule has 1 saturated heterocycles. The lowest BCUT2D eigenvalue weighted by molar-refractivity contribution is -0.0494. The maximum atomic E-state index is 12.6. The normalized spacial score (nSPS) is 18.9. The SMILES string of the molecule is CN=C(NCC(C)c1ccccc1)NC1CCN(S(=O)(=O)C(F)(F)F)CC1. The van der Waals surface area contributed by atoms with Crippen molar-refractivity contribution in [3.8, 4) is 0 Å². The molecule has 1 aliphatic heterocycles. The van der Waals surface area contributed by atoms with E-state index in [1.165, 1.54) is 5.56 Å². The van der Waals surface area contributed by atoms with Gasteiger partial charge in [0, 0.05) is 32.7 Å². The van der Waals surface area contributed by atoms with Gasteiger partial charge in [-0.05, 0) is 24.3 Å². The lowest BCUT2D eigenvalue weighted by Gasteiger charge is -2.32. The summed E-state index contributed by atoms with van der Waals surface area (Å²) in [5.74, 6) is 0.804. The Hall–Kier alpha value is -1.81. The quantitative estimate of drug-likeness (QED) is 0.581. The van der Waals surface area contributed by atoms with E-state index in [0.29, 0.717) is 16.8 Å². The molecule has 6 nitrogen and oxygen atoms in total. The van der Waals surface area contributed by atoms with Gasteiger partial charge in [0.1, 0.15) is 0 Å². The van der Waals surface area contributed by atoms with Gasteiger partial charge in [0.25, 0.3) is 0 Å². The average molecular weight is 406 g/mol. The van der Waals surface area contributed by atoms with Crippen LogP contribution in [0, 0.1) is 0 Å². The van der Waals surface area contributed by atoms with Crippen LogP contribution in [0.15, 0.2) is 35.3 Å². The molecule has 0 amide bonds. The van der Waals surface area contributed by atoms with Crippen LogP contribution in [0.3, 0.4) is 0 Å². The van der Waals surface area contributed by atoms with Gasteiger partial charge in [-0.3, -0.25) is 4.99 Å². The zero-order valence-corrected chi connectivity index (χ0v) is 16.1. The van der Waals surface area contributed by atoms with E-state index in [2.05, 4.69) is 22.5 Å². The van der Waals surface area contributed by atoms with Gasteiger partial charge in [-0.25, -0.2) is 8.42 Å². The molecule has 152 valence electrons. The standard InChI is InChI=1S/C17H25F3N4O2S/c1-13(14-6-4-3-5-7-14)12-22-16(21-2)23-15-8-10-24(11-9-15)27(25,26)17(18,19)20/h3-7,13,15H,8-12H2,1-2H3,(H2,21,22,23). The molecule has 2 N–H and O–H groups in total. The highest BCUT2D eigenvalue weighted by Crippen LogP contribution is 2.28. The fourth-order valence-corrected chi connectivity index (χ4v) is 3.91. The Morgan fingerprint density at radius 2 is 1.85 bits per heavy atom. The average Bonchev–Trinajstić information content (AvgIpc) is 2.65. The summed E-state index contributed by atoms with van der Waals surface area (Å²) in [4.78, 5) is 4.14. The van der Waals surface area contributed by atoms with Crippen LogP contribution in [-0.2, 0) is 10.0 Å². The summed E-state index contributed by atoms with van der Waals surface area (Å²) in [6.07, 6.45) is 0.564. The highest BCUT2D eigenvalue weighted by Gasteiger charge is 2.50. The van der Waals surface area contributed by atoms with E-state index in [4.69, 9.17) is 0 Å². The molecule has 0 spiro atoms. The number of aliphatic imine (C=N–C) groups is 1. The summed E-state index contributed by atoms with van der Waals surface area (Å²) in [7, 11) is -3.63. The van der Waals surface area contributed by atoms with Crippen molar-refractivity contribution in [1.82, 2.24) is 14.9 Å². The van der Waals surface area contributed by atoms with Crippen molar-refractivity contribution in [3.63, 3.8) is 0 Å². The van der Waals surface area contributed by atoms with Crippen LogP contribution in [0.25, 0.3) is 0 Å². The van der Waals surface area contributed by atoms with E-state index in [1.807, 2.05) is 30.3 Å². The summed E-state index contributed by atoms with van der Waals surface area (Å²) >= 11 is 0. The van der Waals surface area contributed by atoms with Gasteiger partial charge in [0.05, 0.1) is 0 Å². The molecule has 10 heteroatoms. The molecule has 1 heterocycles. The van der Waals surface area contributed by atoms with Gasteiger partial charge in [-0.1, -0.05) is 37.3 Å². The van der Waals surface area contributed by atoms with Crippen LogP contribution in [0.1, 0.15) is 31.2 Å². The van der Waals surface area contributed by atoms with Crippen LogP contribution in [0.4, 0.5) is 13.2 Å². The van der Waals surface area contributed by atoms with Crippen LogP contribution in [0.2, 0.25) is 0 Å². The Bertz CT molecular complexity index is 730. The van der Waals surface area contributed by atoms with Gasteiger partial charge in [0.2, 0.25) is 0 Å². The first-order valence-corrected chi connectivity index (χ1v) is 10.2. The fourth-order valence-electron chi connectivity index (χ4n) is 2.92. The number of alkyl halides is 3. The Morgan fingerprint density at radius 1 is 1.26 bits per heavy atom. The van der Waals surface area contributed by atoms with E-state index in [9.17, 15) is 21.6 Å². The van der Waals surface area contributed by atoms with Crippen LogP contribution in [-0.4, -0.2) is 56.9 Å². The molecule has 2 rings (SSSR count). The highest BCUT2D eigenvalue weighted by molar-refractivity contribution is 7.90. The van der Waals surface area contributed by atoms with E-state index in [-0.39, 0.29) is 37.9 Å². The smallest absolute Gasteiger partial charge is 0.356 e. The highest BCUT2D eigenvalue weighted by atomic mass is 32.2. The molecule has 0 bridgehead atoms. The molecule has 1 aromatic rings. The number of sulfonamides is 1. The third-order valence-electron chi connectivity index (χ3n) is 4.60. The molecule has 0 aromatic heterocycles. The molecule has 1 unspecified atom stereocenters. The molecule has 0 radical (unpaired) electrons. The van der Waals surface area contributed by atoms with E-state index in [0.717, 1.165) is 0 Å². The zero-order chi connectivity index (χ0) is 20.1. The number of rotatable bonds is 5. The minimum Gasteiger partial charge on any atom is -0.356 e. The Labute approximate surface area is 157 Å². The van der Waals surface area contributed by atoms with Gasteiger partial charge in [0.15, 0.2) is 5.96 Å². The van der Waals surface area contributed by atoms with Crippen molar-refractivity contribution in [2.75, 3.05) is 26.7 Å². The second-order valence-electron chi connectivity index (χ2n) is 6.53. The second-order valence-corrected chi connectivity index (χ2v) is 8.46. The number of hydrogen-bond donors (Lipinski definition) is 2. The minimum atomic E-state index is -5.25. The number of guanidine groups is 1. The van der Waals surface area contributed by atoms with E-state index >= 15 is 0 Å². The number of hydrogen-bond acceptors (Lipinski definition) is 3. The van der Waals surface area contributed by atoms with Crippen molar-refractivity contribution in [2.45, 2.75) is 37.2 Å². The molecule has 0 saturated carbocycles. The Morgan fingerprint density at radius 3 is 2.37 bits per heavy atom. The monoisotopic (exact) mass is 406 g/mol. The predicted octanol–water partition coefficient (Wildman–Crippen LogP) is 2.27. The number of halogens is 3. The molecule has 27 heavy (non-hydrogen) atoms. The van der Waals surface area contributed by atoms with E-state index in [1.54, 1.807) is 7.05 Å². The number of benzene rings is 1. The number of nitrogens with one attached hydrogen (secondary N) is 2. The lowest BCUT2D eigenvalue weighted by Crippen LogP contribution is -2.52. The summed E-state index contributed by atoms with van der Waals surface area (Å²) in [6, 6.07) is 9.85. The van der Waals surface area contributed by atoms with Gasteiger partial charge in [-0.2, -0.15) is 17.5 Å². The molecule has 1 aromatic carbocycles. The first-order valence-electron chi connectivity index (χ1n) is 8.73. The minimum absolute atomic E-state index is 0.136. The van der Waals surface area contributed by atoms with Crippen LogP contribution in [0.5, 0.6) is 0 Å². The van der Waals surface area contributed by atoms with Gasteiger partial charge in [-0.15, -0.1) is 0 Å². The number of piperidine rings is 1. The van der Waals surface area contributed by atoms with Crippen LogP contribution >= 0.6 is 0 Å². The summed E-state index contributed by atoms with van der Waals surface area (Å²) < 4.78 is 61.3. The first kappa shape index (κ1) is 21.5.